The van der Waals surface area contributed by atoms with Gasteiger partial charge in [-0.2, -0.15) is 4.37 Å². The molecule has 0 amide bonds. The van der Waals surface area contributed by atoms with Gasteiger partial charge in [0.2, 0.25) is 0 Å². The first kappa shape index (κ1) is 18.8. The van der Waals surface area contributed by atoms with Gasteiger partial charge in [0.15, 0.2) is 0 Å². The standard InChI is InChI=1S/C23H34N4S/c1-2-8-20-18-26(17-19(20)7-1)12-6-5-11-25-13-15-27(16-14-25)23-21-9-3-4-10-22(21)28-24-23/h3-4,9-10,19-20H,1-2,5-8,11-18H2/t19-,20+. The summed E-state index contributed by atoms with van der Waals surface area (Å²) in [5.41, 5.74) is 0. The van der Waals surface area contributed by atoms with E-state index in [2.05, 4.69) is 39.0 Å². The summed E-state index contributed by atoms with van der Waals surface area (Å²) in [5.74, 6) is 3.27. The highest BCUT2D eigenvalue weighted by atomic mass is 32.1. The SMILES string of the molecule is c1ccc2c(N3CCN(CCCCN4C[C@H]5CCCC[C@H]5C4)CC3)nsc2c1. The molecule has 2 atom stereocenters. The average molecular weight is 399 g/mol. The Labute approximate surface area is 173 Å². The van der Waals surface area contributed by atoms with Crippen molar-refractivity contribution in [2.75, 3.05) is 57.3 Å². The summed E-state index contributed by atoms with van der Waals surface area (Å²) in [6.45, 7) is 9.98. The molecule has 2 aromatic rings. The third-order valence-electron chi connectivity index (χ3n) is 7.28. The fraction of sp³-hybridized carbons (Fsp3) is 0.696. The minimum absolute atomic E-state index is 1.03. The molecule has 3 heterocycles. The highest BCUT2D eigenvalue weighted by molar-refractivity contribution is 7.13. The van der Waals surface area contributed by atoms with Crippen molar-refractivity contribution in [3.63, 3.8) is 0 Å². The first-order chi connectivity index (χ1) is 13.9. The normalized spacial score (nSPS) is 26.8. The van der Waals surface area contributed by atoms with Crippen LogP contribution in [0.1, 0.15) is 38.5 Å². The van der Waals surface area contributed by atoms with Crippen molar-refractivity contribution in [3.8, 4) is 0 Å². The van der Waals surface area contributed by atoms with Gasteiger partial charge in [0.05, 0.1) is 4.70 Å². The lowest BCUT2D eigenvalue weighted by Gasteiger charge is -2.35. The lowest BCUT2D eigenvalue weighted by molar-refractivity contribution is 0.242. The van der Waals surface area contributed by atoms with Gasteiger partial charge in [0, 0.05) is 44.7 Å². The molecule has 1 aliphatic carbocycles. The number of anilines is 1. The van der Waals surface area contributed by atoms with Crippen molar-refractivity contribution >= 4 is 27.4 Å². The summed E-state index contributed by atoms with van der Waals surface area (Å²) >= 11 is 1.63. The van der Waals surface area contributed by atoms with E-state index in [9.17, 15) is 0 Å². The number of nitrogens with zero attached hydrogens (tertiary/aromatic N) is 4. The molecule has 152 valence electrons. The number of benzene rings is 1. The summed E-state index contributed by atoms with van der Waals surface area (Å²) in [6.07, 6.45) is 8.69. The van der Waals surface area contributed by atoms with Crippen LogP contribution < -0.4 is 4.90 Å². The maximum absolute atomic E-state index is 4.74. The second-order valence-corrected chi connectivity index (χ2v) is 9.91. The Morgan fingerprint density at radius 1 is 0.857 bits per heavy atom. The van der Waals surface area contributed by atoms with Crippen LogP contribution in [-0.4, -0.2) is 66.5 Å². The van der Waals surface area contributed by atoms with E-state index >= 15 is 0 Å². The van der Waals surface area contributed by atoms with Crippen molar-refractivity contribution in [1.82, 2.24) is 14.2 Å². The van der Waals surface area contributed by atoms with Gasteiger partial charge in [0.25, 0.3) is 0 Å². The van der Waals surface area contributed by atoms with E-state index in [0.717, 1.165) is 24.9 Å². The van der Waals surface area contributed by atoms with E-state index < -0.39 is 0 Å². The van der Waals surface area contributed by atoms with Crippen molar-refractivity contribution in [2.24, 2.45) is 11.8 Å². The quantitative estimate of drug-likeness (QED) is 0.676. The molecule has 3 aliphatic rings. The van der Waals surface area contributed by atoms with E-state index in [-0.39, 0.29) is 0 Å². The molecule has 3 fully saturated rings. The number of likely N-dealkylation sites (tertiary alicyclic amines) is 1. The van der Waals surface area contributed by atoms with Crippen LogP contribution >= 0.6 is 11.5 Å². The molecule has 0 bridgehead atoms. The third-order valence-corrected chi connectivity index (χ3v) is 8.10. The van der Waals surface area contributed by atoms with Crippen LogP contribution in [0.25, 0.3) is 10.1 Å². The molecule has 0 spiro atoms. The second kappa shape index (κ2) is 8.68. The van der Waals surface area contributed by atoms with Crippen LogP contribution in [0.3, 0.4) is 0 Å². The zero-order valence-electron chi connectivity index (χ0n) is 17.1. The number of hydrogen-bond donors (Lipinski definition) is 0. The van der Waals surface area contributed by atoms with Crippen LogP contribution in [0, 0.1) is 11.8 Å². The van der Waals surface area contributed by atoms with Gasteiger partial charge >= 0.3 is 0 Å². The zero-order valence-corrected chi connectivity index (χ0v) is 17.9. The molecule has 2 saturated heterocycles. The van der Waals surface area contributed by atoms with E-state index in [1.807, 2.05) is 0 Å². The Balaban J connectivity index is 1.03. The highest BCUT2D eigenvalue weighted by Crippen LogP contribution is 2.36. The number of hydrogen-bond acceptors (Lipinski definition) is 5. The summed E-state index contributed by atoms with van der Waals surface area (Å²) in [4.78, 5) is 7.92. The lowest BCUT2D eigenvalue weighted by Crippen LogP contribution is -2.46. The fourth-order valence-corrected chi connectivity index (χ4v) is 6.44. The molecule has 5 heteroatoms. The van der Waals surface area contributed by atoms with Crippen LogP contribution in [0.4, 0.5) is 5.82 Å². The fourth-order valence-electron chi connectivity index (χ4n) is 5.64. The number of unbranched alkanes of at least 4 members (excludes halogenated alkanes) is 1. The molecular formula is C23H34N4S. The summed E-state index contributed by atoms with van der Waals surface area (Å²) in [5, 5.41) is 1.33. The maximum Gasteiger partial charge on any atom is 0.150 e. The Bertz CT molecular complexity index is 753. The molecular weight excluding hydrogens is 364 g/mol. The summed E-state index contributed by atoms with van der Waals surface area (Å²) < 4.78 is 6.04. The number of aromatic nitrogens is 1. The van der Waals surface area contributed by atoms with Crippen molar-refractivity contribution < 1.29 is 0 Å². The van der Waals surface area contributed by atoms with Gasteiger partial charge in [0.1, 0.15) is 5.82 Å². The predicted octanol–water partition coefficient (Wildman–Crippen LogP) is 4.32. The second-order valence-electron chi connectivity index (χ2n) is 9.10. The minimum atomic E-state index is 1.03. The van der Waals surface area contributed by atoms with E-state index in [4.69, 9.17) is 4.37 Å². The molecule has 1 aromatic carbocycles. The molecule has 4 nitrogen and oxygen atoms in total. The predicted molar refractivity (Wildman–Crippen MR) is 119 cm³/mol. The van der Waals surface area contributed by atoms with Gasteiger partial charge in [-0.3, -0.25) is 4.90 Å². The van der Waals surface area contributed by atoms with Gasteiger partial charge < -0.3 is 9.80 Å². The van der Waals surface area contributed by atoms with E-state index in [0.29, 0.717) is 0 Å². The number of fused-ring (bicyclic) bond motifs is 2. The van der Waals surface area contributed by atoms with E-state index in [1.165, 1.54) is 93.7 Å². The first-order valence-corrected chi connectivity index (χ1v) is 12.2. The summed E-state index contributed by atoms with van der Waals surface area (Å²) in [6, 6.07) is 8.64. The van der Waals surface area contributed by atoms with Gasteiger partial charge in [-0.15, -0.1) is 0 Å². The third kappa shape index (κ3) is 4.07. The van der Waals surface area contributed by atoms with Crippen LogP contribution in [0.5, 0.6) is 0 Å². The topological polar surface area (TPSA) is 22.6 Å². The van der Waals surface area contributed by atoms with Crippen molar-refractivity contribution in [2.45, 2.75) is 38.5 Å². The van der Waals surface area contributed by atoms with Crippen LogP contribution in [0.15, 0.2) is 24.3 Å². The Morgan fingerprint density at radius 2 is 1.54 bits per heavy atom. The molecule has 0 N–H and O–H groups in total. The molecule has 2 aliphatic heterocycles. The molecule has 28 heavy (non-hydrogen) atoms. The van der Waals surface area contributed by atoms with Crippen LogP contribution in [-0.2, 0) is 0 Å². The highest BCUT2D eigenvalue weighted by Gasteiger charge is 2.33. The number of piperazine rings is 1. The van der Waals surface area contributed by atoms with Crippen molar-refractivity contribution in [3.05, 3.63) is 24.3 Å². The molecule has 1 saturated carbocycles. The van der Waals surface area contributed by atoms with Gasteiger partial charge in [-0.25, -0.2) is 0 Å². The van der Waals surface area contributed by atoms with Gasteiger partial charge in [-0.1, -0.05) is 25.0 Å². The molecule has 1 aromatic heterocycles. The van der Waals surface area contributed by atoms with Gasteiger partial charge in [-0.05, 0) is 74.3 Å². The zero-order chi connectivity index (χ0) is 18.8. The average Bonchev–Trinajstić information content (AvgIpc) is 3.35. The maximum atomic E-state index is 4.74. The molecule has 0 unspecified atom stereocenters. The summed E-state index contributed by atoms with van der Waals surface area (Å²) in [7, 11) is 0. The Kier molecular flexibility index (Phi) is 5.84. The number of rotatable bonds is 6. The van der Waals surface area contributed by atoms with E-state index in [1.54, 1.807) is 11.5 Å². The smallest absolute Gasteiger partial charge is 0.150 e. The van der Waals surface area contributed by atoms with Crippen molar-refractivity contribution in [1.29, 1.82) is 0 Å². The van der Waals surface area contributed by atoms with Crippen LogP contribution in [0.2, 0.25) is 0 Å². The molecule has 5 rings (SSSR count). The monoisotopic (exact) mass is 398 g/mol. The lowest BCUT2D eigenvalue weighted by atomic mass is 9.82. The molecule has 0 radical (unpaired) electrons. The Morgan fingerprint density at radius 3 is 2.29 bits per heavy atom. The largest absolute Gasteiger partial charge is 0.353 e. The Hall–Kier alpha value is -1.17. The first-order valence-electron chi connectivity index (χ1n) is 11.4. The minimum Gasteiger partial charge on any atom is -0.353 e.